The second-order valence-electron chi connectivity index (χ2n) is 9.53. The van der Waals surface area contributed by atoms with E-state index in [-0.39, 0.29) is 30.6 Å². The quantitative estimate of drug-likeness (QED) is 0.451. The van der Waals surface area contributed by atoms with Crippen LogP contribution in [0.25, 0.3) is 27.9 Å². The highest BCUT2D eigenvalue weighted by atomic mass is 35.5. The van der Waals surface area contributed by atoms with E-state index in [2.05, 4.69) is 11.1 Å². The van der Waals surface area contributed by atoms with Crippen molar-refractivity contribution in [3.63, 3.8) is 0 Å². The largest absolute Gasteiger partial charge is 0.469 e. The van der Waals surface area contributed by atoms with Crippen molar-refractivity contribution in [3.8, 4) is 23.2 Å². The van der Waals surface area contributed by atoms with E-state index in [1.807, 2.05) is 30.3 Å². The van der Waals surface area contributed by atoms with Crippen molar-refractivity contribution in [1.29, 1.82) is 5.26 Å². The van der Waals surface area contributed by atoms with Gasteiger partial charge in [0.2, 0.25) is 11.8 Å². The van der Waals surface area contributed by atoms with Gasteiger partial charge in [0.25, 0.3) is 0 Å². The fraction of sp³-hybridized carbons (Fsp3) is 0.370. The molecular formula is C27H25ClN4O6. The number of rotatable bonds is 5. The van der Waals surface area contributed by atoms with Crippen LogP contribution in [0.5, 0.6) is 5.88 Å². The van der Waals surface area contributed by atoms with Crippen LogP contribution in [-0.4, -0.2) is 88.3 Å². The van der Waals surface area contributed by atoms with Crippen molar-refractivity contribution in [2.75, 3.05) is 32.9 Å². The summed E-state index contributed by atoms with van der Waals surface area (Å²) >= 11 is 6.61. The number of carbonyl (C=O) groups excluding carboxylic acids is 1. The smallest absolute Gasteiger partial charge is 0.248 e. The molecule has 5 heterocycles. The standard InChI is InChI=1S/C27H25ClN4O6/c28-18-9-19-24(17(10-29)27(30-19)38-21-13-37-25-20(34)12-36-26(21)25)31-23(18)16-3-1-14(2-4-16)15-5-7-32(8-6-15)22(35)11-33/h1-5,9,20-21,25-26,30,33-34H,6-8,11-13H2/t20-,21-,25-,26-/m1/s1. The van der Waals surface area contributed by atoms with Crippen LogP contribution in [0, 0.1) is 11.3 Å². The number of halogens is 1. The summed E-state index contributed by atoms with van der Waals surface area (Å²) < 4.78 is 17.3. The predicted octanol–water partition coefficient (Wildman–Crippen LogP) is 2.27. The van der Waals surface area contributed by atoms with Gasteiger partial charge < -0.3 is 34.3 Å². The summed E-state index contributed by atoms with van der Waals surface area (Å²) in [6.07, 6.45) is 0.683. The average Bonchev–Trinajstić information content (AvgIpc) is 3.62. The lowest BCUT2D eigenvalue weighted by Gasteiger charge is -2.26. The zero-order valence-corrected chi connectivity index (χ0v) is 21.0. The number of amides is 1. The molecule has 2 aromatic heterocycles. The molecular weight excluding hydrogens is 512 g/mol. The van der Waals surface area contributed by atoms with Gasteiger partial charge in [-0.3, -0.25) is 4.79 Å². The molecule has 10 nitrogen and oxygen atoms in total. The van der Waals surface area contributed by atoms with Gasteiger partial charge in [0.15, 0.2) is 6.10 Å². The number of aliphatic hydroxyl groups is 2. The zero-order valence-electron chi connectivity index (χ0n) is 20.3. The molecule has 2 fully saturated rings. The molecule has 0 unspecified atom stereocenters. The number of H-pyrrole nitrogens is 1. The molecule has 1 amide bonds. The van der Waals surface area contributed by atoms with Gasteiger partial charge in [0.1, 0.15) is 42.1 Å². The molecule has 11 heteroatoms. The molecule has 3 N–H and O–H groups in total. The Morgan fingerprint density at radius 1 is 1.24 bits per heavy atom. The molecule has 0 bridgehead atoms. The van der Waals surface area contributed by atoms with Gasteiger partial charge in [0.05, 0.1) is 29.4 Å². The van der Waals surface area contributed by atoms with Crippen LogP contribution >= 0.6 is 11.6 Å². The highest BCUT2D eigenvalue weighted by Gasteiger charge is 2.48. The van der Waals surface area contributed by atoms with Crippen molar-refractivity contribution in [3.05, 3.63) is 52.6 Å². The molecule has 0 aliphatic carbocycles. The second kappa shape index (κ2) is 10.0. The lowest BCUT2D eigenvalue weighted by Crippen LogP contribution is -2.36. The molecule has 0 radical (unpaired) electrons. The van der Waals surface area contributed by atoms with E-state index in [9.17, 15) is 15.2 Å². The molecule has 0 saturated carbocycles. The molecule has 0 spiro atoms. The summed E-state index contributed by atoms with van der Waals surface area (Å²) in [5, 5.41) is 29.4. The van der Waals surface area contributed by atoms with Gasteiger partial charge in [-0.1, -0.05) is 41.9 Å². The van der Waals surface area contributed by atoms with Gasteiger partial charge in [-0.05, 0) is 23.6 Å². The summed E-state index contributed by atoms with van der Waals surface area (Å²) in [6, 6.07) is 11.7. The number of aromatic amines is 1. The highest BCUT2D eigenvalue weighted by Crippen LogP contribution is 2.36. The lowest BCUT2D eigenvalue weighted by molar-refractivity contribution is -0.133. The maximum absolute atomic E-state index is 11.7. The van der Waals surface area contributed by atoms with Crippen LogP contribution in [0.2, 0.25) is 5.02 Å². The summed E-state index contributed by atoms with van der Waals surface area (Å²) in [4.78, 5) is 21.2. The molecule has 196 valence electrons. The summed E-state index contributed by atoms with van der Waals surface area (Å²) in [5.74, 6) is -0.0102. The number of ether oxygens (including phenoxy) is 3. The first kappa shape index (κ1) is 24.9. The number of benzene rings is 1. The van der Waals surface area contributed by atoms with Gasteiger partial charge in [-0.25, -0.2) is 4.98 Å². The second-order valence-corrected chi connectivity index (χ2v) is 9.94. The number of aliphatic hydroxyl groups excluding tert-OH is 2. The van der Waals surface area contributed by atoms with E-state index < -0.39 is 31.0 Å². The van der Waals surface area contributed by atoms with E-state index in [0.29, 0.717) is 41.3 Å². The summed E-state index contributed by atoms with van der Waals surface area (Å²) in [7, 11) is 0. The Balaban J connectivity index is 1.25. The average molecular weight is 537 g/mol. The molecule has 6 rings (SSSR count). The first-order valence-electron chi connectivity index (χ1n) is 12.4. The normalized spacial score (nSPS) is 24.8. The third kappa shape index (κ3) is 4.32. The number of nitriles is 1. The van der Waals surface area contributed by atoms with Crippen LogP contribution < -0.4 is 4.74 Å². The number of carbonyl (C=O) groups is 1. The van der Waals surface area contributed by atoms with Gasteiger partial charge in [-0.15, -0.1) is 0 Å². The molecule has 3 aliphatic rings. The van der Waals surface area contributed by atoms with Crippen LogP contribution in [0.15, 0.2) is 36.4 Å². The number of hydrogen-bond donors (Lipinski definition) is 3. The predicted molar refractivity (Wildman–Crippen MR) is 137 cm³/mol. The lowest BCUT2D eigenvalue weighted by atomic mass is 9.97. The number of aromatic nitrogens is 2. The molecule has 4 atom stereocenters. The minimum Gasteiger partial charge on any atom is -0.469 e. The minimum absolute atomic E-state index is 0.186. The Bertz CT molecular complexity index is 1460. The number of pyridine rings is 1. The highest BCUT2D eigenvalue weighted by molar-refractivity contribution is 6.33. The van der Waals surface area contributed by atoms with Crippen LogP contribution in [0.4, 0.5) is 0 Å². The number of nitrogens with zero attached hydrogens (tertiary/aromatic N) is 3. The van der Waals surface area contributed by atoms with Gasteiger partial charge >= 0.3 is 0 Å². The Morgan fingerprint density at radius 2 is 2.00 bits per heavy atom. The van der Waals surface area contributed by atoms with E-state index >= 15 is 0 Å². The first-order valence-corrected chi connectivity index (χ1v) is 12.7. The Labute approximate surface area is 223 Å². The molecule has 1 aromatic carbocycles. The molecule has 38 heavy (non-hydrogen) atoms. The third-order valence-electron chi connectivity index (χ3n) is 7.28. The number of fused-ring (bicyclic) bond motifs is 2. The van der Waals surface area contributed by atoms with Crippen molar-refractivity contribution in [2.24, 2.45) is 0 Å². The number of hydrogen-bond acceptors (Lipinski definition) is 8. The van der Waals surface area contributed by atoms with E-state index in [0.717, 1.165) is 16.7 Å². The van der Waals surface area contributed by atoms with Crippen molar-refractivity contribution >= 4 is 34.1 Å². The fourth-order valence-electron chi connectivity index (χ4n) is 5.26. The first-order chi connectivity index (χ1) is 18.5. The monoisotopic (exact) mass is 536 g/mol. The van der Waals surface area contributed by atoms with Crippen molar-refractivity contribution < 1.29 is 29.2 Å². The Hall–Kier alpha value is -3.46. The fourth-order valence-corrected chi connectivity index (χ4v) is 5.52. The van der Waals surface area contributed by atoms with Gasteiger partial charge in [0, 0.05) is 18.7 Å². The van der Waals surface area contributed by atoms with Crippen molar-refractivity contribution in [1.82, 2.24) is 14.9 Å². The topological polar surface area (TPSA) is 141 Å². The minimum atomic E-state index is -0.694. The van der Waals surface area contributed by atoms with E-state index in [1.54, 1.807) is 11.0 Å². The van der Waals surface area contributed by atoms with Crippen LogP contribution in [0.1, 0.15) is 17.5 Å². The van der Waals surface area contributed by atoms with Crippen LogP contribution in [-0.2, 0) is 14.3 Å². The third-order valence-corrected chi connectivity index (χ3v) is 7.57. The summed E-state index contributed by atoms with van der Waals surface area (Å²) in [5.41, 5.74) is 4.76. The Morgan fingerprint density at radius 3 is 2.71 bits per heavy atom. The molecule has 3 aromatic rings. The van der Waals surface area contributed by atoms with Gasteiger partial charge in [-0.2, -0.15) is 5.26 Å². The zero-order chi connectivity index (χ0) is 26.4. The number of nitrogens with one attached hydrogen (secondary N) is 1. The van der Waals surface area contributed by atoms with Crippen LogP contribution in [0.3, 0.4) is 0 Å². The molecule has 3 aliphatic heterocycles. The maximum Gasteiger partial charge on any atom is 0.248 e. The Kier molecular flexibility index (Phi) is 6.55. The maximum atomic E-state index is 11.7. The SMILES string of the molecule is N#Cc1c(O[C@@H]2CO[C@H]3[C@@H]2OC[C@H]3O)[nH]c2cc(Cl)c(-c3ccc(C4=CCN(C(=O)CO)CC4)cc3)nc12. The summed E-state index contributed by atoms with van der Waals surface area (Å²) in [6.45, 7) is 0.978. The molecule has 2 saturated heterocycles. The van der Waals surface area contributed by atoms with E-state index in [4.69, 9.17) is 35.9 Å². The van der Waals surface area contributed by atoms with E-state index in [1.165, 1.54) is 0 Å². The van der Waals surface area contributed by atoms with Crippen molar-refractivity contribution in [2.45, 2.75) is 30.8 Å².